The summed E-state index contributed by atoms with van der Waals surface area (Å²) in [5, 5.41) is 6.58. The zero-order valence-electron chi connectivity index (χ0n) is 13.2. The molecule has 1 unspecified atom stereocenters. The topological polar surface area (TPSA) is 64.1 Å². The van der Waals surface area contributed by atoms with Gasteiger partial charge in [0.1, 0.15) is 0 Å². The van der Waals surface area contributed by atoms with E-state index in [-0.39, 0.29) is 11.6 Å². The van der Waals surface area contributed by atoms with Gasteiger partial charge in [-0.05, 0) is 13.8 Å². The third kappa shape index (κ3) is 5.64. The fourth-order valence-electron chi connectivity index (χ4n) is 2.24. The molecule has 6 nitrogen and oxygen atoms in total. The number of methoxy groups -OCH3 is 2. The molecule has 6 heteroatoms. The highest BCUT2D eigenvalue weighted by atomic mass is 16.5. The Bertz CT molecular complexity index is 291. The van der Waals surface area contributed by atoms with E-state index < -0.39 is 0 Å². The van der Waals surface area contributed by atoms with Crippen LogP contribution in [0.4, 0.5) is 0 Å². The van der Waals surface area contributed by atoms with Crippen LogP contribution in [0.25, 0.3) is 0 Å². The van der Waals surface area contributed by atoms with E-state index >= 15 is 0 Å². The third-order valence-electron chi connectivity index (χ3n) is 3.51. The minimum atomic E-state index is -0.189. The van der Waals surface area contributed by atoms with E-state index in [1.165, 1.54) is 0 Å². The average molecular weight is 287 g/mol. The molecule has 0 aromatic heterocycles. The maximum Gasteiger partial charge on any atom is 0.191 e. The van der Waals surface area contributed by atoms with Gasteiger partial charge >= 0.3 is 0 Å². The van der Waals surface area contributed by atoms with Crippen LogP contribution >= 0.6 is 0 Å². The van der Waals surface area contributed by atoms with Crippen LogP contribution in [0.1, 0.15) is 26.7 Å². The first-order valence-electron chi connectivity index (χ1n) is 7.32. The predicted octanol–water partition coefficient (Wildman–Crippen LogP) is 0.772. The summed E-state index contributed by atoms with van der Waals surface area (Å²) < 4.78 is 16.2. The predicted molar refractivity (Wildman–Crippen MR) is 80.2 cm³/mol. The van der Waals surface area contributed by atoms with Gasteiger partial charge in [0.05, 0.1) is 18.8 Å². The summed E-state index contributed by atoms with van der Waals surface area (Å²) >= 11 is 0. The molecule has 0 aromatic carbocycles. The van der Waals surface area contributed by atoms with Gasteiger partial charge in [0.25, 0.3) is 0 Å². The van der Waals surface area contributed by atoms with Crippen LogP contribution < -0.4 is 10.6 Å². The average Bonchev–Trinajstić information content (AvgIpc) is 2.46. The number of rotatable bonds is 7. The molecule has 2 N–H and O–H groups in total. The van der Waals surface area contributed by atoms with Gasteiger partial charge in [0, 0.05) is 52.9 Å². The molecular weight excluding hydrogens is 258 g/mol. The molecule has 0 amide bonds. The van der Waals surface area contributed by atoms with Gasteiger partial charge in [-0.15, -0.1) is 0 Å². The summed E-state index contributed by atoms with van der Waals surface area (Å²) in [7, 11) is 3.46. The summed E-state index contributed by atoms with van der Waals surface area (Å²) in [5.41, 5.74) is -0.189. The minimum Gasteiger partial charge on any atom is -0.383 e. The van der Waals surface area contributed by atoms with Crippen LogP contribution in [0.3, 0.4) is 0 Å². The van der Waals surface area contributed by atoms with Crippen molar-refractivity contribution >= 4 is 5.96 Å². The molecule has 0 saturated carbocycles. The minimum absolute atomic E-state index is 0.189. The van der Waals surface area contributed by atoms with Crippen molar-refractivity contribution in [3.8, 4) is 0 Å². The summed E-state index contributed by atoms with van der Waals surface area (Å²) in [5.74, 6) is 0.806. The highest BCUT2D eigenvalue weighted by Crippen LogP contribution is 2.24. The Morgan fingerprint density at radius 2 is 2.05 bits per heavy atom. The third-order valence-corrected chi connectivity index (χ3v) is 3.51. The second-order valence-corrected chi connectivity index (χ2v) is 5.20. The van der Waals surface area contributed by atoms with Crippen LogP contribution in [0.15, 0.2) is 4.99 Å². The molecule has 1 aliphatic rings. The molecular formula is C14H29N3O3. The Morgan fingerprint density at radius 1 is 1.35 bits per heavy atom. The second-order valence-electron chi connectivity index (χ2n) is 5.20. The Kier molecular flexibility index (Phi) is 7.87. The molecule has 1 fully saturated rings. The van der Waals surface area contributed by atoms with E-state index in [2.05, 4.69) is 29.5 Å². The monoisotopic (exact) mass is 287 g/mol. The maximum absolute atomic E-state index is 5.69. The van der Waals surface area contributed by atoms with Crippen LogP contribution in [0, 0.1) is 0 Å². The van der Waals surface area contributed by atoms with Crippen LogP contribution in [-0.2, 0) is 14.2 Å². The number of aliphatic imine (C=N–C) groups is 1. The first-order valence-corrected chi connectivity index (χ1v) is 7.32. The molecule has 20 heavy (non-hydrogen) atoms. The lowest BCUT2D eigenvalue weighted by Gasteiger charge is -2.34. The normalized spacial score (nSPS) is 20.5. The van der Waals surface area contributed by atoms with Crippen LogP contribution in [0.2, 0.25) is 0 Å². The fourth-order valence-corrected chi connectivity index (χ4v) is 2.24. The quantitative estimate of drug-likeness (QED) is 0.535. The lowest BCUT2D eigenvalue weighted by Crippen LogP contribution is -2.46. The number of hydrogen-bond donors (Lipinski definition) is 2. The van der Waals surface area contributed by atoms with E-state index in [0.717, 1.165) is 38.6 Å². The number of nitrogens with one attached hydrogen (secondary N) is 2. The lowest BCUT2D eigenvalue weighted by atomic mass is 9.94. The van der Waals surface area contributed by atoms with Gasteiger partial charge in [-0.1, -0.05) is 0 Å². The van der Waals surface area contributed by atoms with E-state index in [1.54, 1.807) is 14.2 Å². The zero-order chi connectivity index (χ0) is 14.8. The van der Waals surface area contributed by atoms with Crippen molar-refractivity contribution < 1.29 is 14.2 Å². The molecule has 0 aromatic rings. The Morgan fingerprint density at radius 3 is 2.60 bits per heavy atom. The van der Waals surface area contributed by atoms with Crippen molar-refractivity contribution in [1.29, 1.82) is 0 Å². The summed E-state index contributed by atoms with van der Waals surface area (Å²) in [4.78, 5) is 4.66. The maximum atomic E-state index is 5.69. The van der Waals surface area contributed by atoms with Gasteiger partial charge in [-0.2, -0.15) is 0 Å². The number of hydrogen-bond acceptors (Lipinski definition) is 4. The van der Waals surface area contributed by atoms with Crippen molar-refractivity contribution in [3.05, 3.63) is 0 Å². The summed E-state index contributed by atoms with van der Waals surface area (Å²) in [6.07, 6.45) is 1.78. The first-order chi connectivity index (χ1) is 9.65. The highest BCUT2D eigenvalue weighted by molar-refractivity contribution is 5.80. The van der Waals surface area contributed by atoms with Gasteiger partial charge in [0.2, 0.25) is 0 Å². The molecule has 0 spiro atoms. The van der Waals surface area contributed by atoms with Gasteiger partial charge in [-0.3, -0.25) is 4.99 Å². The molecule has 1 rings (SSSR count). The van der Waals surface area contributed by atoms with Crippen molar-refractivity contribution in [2.45, 2.75) is 38.3 Å². The van der Waals surface area contributed by atoms with Crippen molar-refractivity contribution in [1.82, 2.24) is 10.6 Å². The molecule has 1 aliphatic heterocycles. The molecule has 1 atom stereocenters. The molecule has 0 bridgehead atoms. The van der Waals surface area contributed by atoms with Gasteiger partial charge in [-0.25, -0.2) is 0 Å². The van der Waals surface area contributed by atoms with E-state index in [9.17, 15) is 0 Å². The second kappa shape index (κ2) is 9.15. The van der Waals surface area contributed by atoms with Gasteiger partial charge in [0.15, 0.2) is 5.96 Å². The lowest BCUT2D eigenvalue weighted by molar-refractivity contribution is -0.0828. The van der Waals surface area contributed by atoms with Gasteiger partial charge < -0.3 is 24.8 Å². The van der Waals surface area contributed by atoms with Crippen LogP contribution in [0.5, 0.6) is 0 Å². The van der Waals surface area contributed by atoms with Crippen LogP contribution in [-0.4, -0.2) is 64.7 Å². The molecule has 118 valence electrons. The van der Waals surface area contributed by atoms with Crippen molar-refractivity contribution in [3.63, 3.8) is 0 Å². The SMILES string of the molecule is CCNC(=NCC1(OC)CCOCC1)NC(C)COC. The largest absolute Gasteiger partial charge is 0.383 e. The highest BCUT2D eigenvalue weighted by Gasteiger charge is 2.32. The Hall–Kier alpha value is -0.850. The van der Waals surface area contributed by atoms with E-state index in [1.807, 2.05) is 0 Å². The van der Waals surface area contributed by atoms with E-state index in [0.29, 0.717) is 13.2 Å². The summed E-state index contributed by atoms with van der Waals surface area (Å²) in [6, 6.07) is 0.214. The number of guanidine groups is 1. The molecule has 1 saturated heterocycles. The van der Waals surface area contributed by atoms with E-state index in [4.69, 9.17) is 14.2 Å². The summed E-state index contributed by atoms with van der Waals surface area (Å²) in [6.45, 7) is 7.72. The number of ether oxygens (including phenoxy) is 3. The molecule has 0 radical (unpaired) electrons. The molecule has 1 heterocycles. The molecule has 0 aliphatic carbocycles. The Labute approximate surface area is 122 Å². The zero-order valence-corrected chi connectivity index (χ0v) is 13.2. The smallest absolute Gasteiger partial charge is 0.191 e. The Balaban J connectivity index is 2.59. The fraction of sp³-hybridized carbons (Fsp3) is 0.929. The first kappa shape index (κ1) is 17.2. The number of nitrogens with zero attached hydrogens (tertiary/aromatic N) is 1. The standard InChI is InChI=1S/C14H29N3O3/c1-5-15-13(17-12(2)10-18-3)16-11-14(19-4)6-8-20-9-7-14/h12H,5-11H2,1-4H3,(H2,15,16,17). The van der Waals surface area contributed by atoms with Crippen molar-refractivity contribution in [2.24, 2.45) is 4.99 Å². The van der Waals surface area contributed by atoms with Crippen molar-refractivity contribution in [2.75, 3.05) is 47.1 Å².